The summed E-state index contributed by atoms with van der Waals surface area (Å²) >= 11 is 0. The number of nitrogens with zero attached hydrogens (tertiary/aromatic N) is 1. The first-order chi connectivity index (χ1) is 10.6. The van der Waals surface area contributed by atoms with Gasteiger partial charge in [0.2, 0.25) is 0 Å². The SMILES string of the molecule is COC(=O)c1cc(-c2ccc(C)cc2)nc2ccc(C)cc12. The lowest BCUT2D eigenvalue weighted by Gasteiger charge is -2.09. The maximum absolute atomic E-state index is 12.1. The molecule has 3 heteroatoms. The van der Waals surface area contributed by atoms with Gasteiger partial charge < -0.3 is 4.74 Å². The normalized spacial score (nSPS) is 10.7. The summed E-state index contributed by atoms with van der Waals surface area (Å²) < 4.78 is 4.93. The largest absolute Gasteiger partial charge is 0.465 e. The number of pyridine rings is 1. The van der Waals surface area contributed by atoms with Crippen molar-refractivity contribution < 1.29 is 9.53 Å². The third kappa shape index (κ3) is 2.58. The Hall–Kier alpha value is -2.68. The molecule has 1 heterocycles. The van der Waals surface area contributed by atoms with Crippen molar-refractivity contribution in [2.45, 2.75) is 13.8 Å². The molecule has 0 unspecified atom stereocenters. The van der Waals surface area contributed by atoms with Gasteiger partial charge in [-0.25, -0.2) is 9.78 Å². The number of aromatic nitrogens is 1. The molecule has 0 fully saturated rings. The van der Waals surface area contributed by atoms with Crippen molar-refractivity contribution in [3.8, 4) is 11.3 Å². The highest BCUT2D eigenvalue weighted by atomic mass is 16.5. The molecule has 3 nitrogen and oxygen atoms in total. The molecule has 0 atom stereocenters. The first-order valence-corrected chi connectivity index (χ1v) is 7.15. The lowest BCUT2D eigenvalue weighted by atomic mass is 10.0. The molecule has 0 saturated carbocycles. The second-order valence-corrected chi connectivity index (χ2v) is 5.43. The van der Waals surface area contributed by atoms with Crippen LogP contribution in [0.15, 0.2) is 48.5 Å². The number of carbonyl (C=O) groups is 1. The average molecular weight is 291 g/mol. The van der Waals surface area contributed by atoms with Crippen LogP contribution >= 0.6 is 0 Å². The summed E-state index contributed by atoms with van der Waals surface area (Å²) in [7, 11) is 1.40. The molecule has 0 aliphatic heterocycles. The van der Waals surface area contributed by atoms with Gasteiger partial charge in [0.05, 0.1) is 23.9 Å². The van der Waals surface area contributed by atoms with E-state index in [4.69, 9.17) is 4.74 Å². The molecule has 0 N–H and O–H groups in total. The van der Waals surface area contributed by atoms with Gasteiger partial charge in [0.1, 0.15) is 0 Å². The number of rotatable bonds is 2. The van der Waals surface area contributed by atoms with Crippen LogP contribution in [0.25, 0.3) is 22.2 Å². The Balaban J connectivity index is 2.26. The maximum Gasteiger partial charge on any atom is 0.338 e. The summed E-state index contributed by atoms with van der Waals surface area (Å²) in [5.74, 6) is -0.341. The van der Waals surface area contributed by atoms with Crippen LogP contribution in [0.2, 0.25) is 0 Å². The van der Waals surface area contributed by atoms with E-state index in [0.717, 1.165) is 27.7 Å². The molecule has 1 aromatic heterocycles. The molecule has 0 aliphatic rings. The summed E-state index contributed by atoms with van der Waals surface area (Å²) in [5.41, 5.74) is 5.38. The predicted octanol–water partition coefficient (Wildman–Crippen LogP) is 4.31. The van der Waals surface area contributed by atoms with Gasteiger partial charge in [0.15, 0.2) is 0 Å². The maximum atomic E-state index is 12.1. The highest BCUT2D eigenvalue weighted by Crippen LogP contribution is 2.26. The number of carbonyl (C=O) groups excluding carboxylic acids is 1. The Labute approximate surface area is 129 Å². The molecule has 0 radical (unpaired) electrons. The highest BCUT2D eigenvalue weighted by Gasteiger charge is 2.14. The lowest BCUT2D eigenvalue weighted by molar-refractivity contribution is 0.0603. The van der Waals surface area contributed by atoms with Crippen LogP contribution in [0.4, 0.5) is 0 Å². The zero-order valence-electron chi connectivity index (χ0n) is 12.9. The second kappa shape index (κ2) is 5.60. The molecule has 110 valence electrons. The molecule has 2 aromatic carbocycles. The van der Waals surface area contributed by atoms with E-state index in [9.17, 15) is 4.79 Å². The lowest BCUT2D eigenvalue weighted by Crippen LogP contribution is -2.04. The Morgan fingerprint density at radius 2 is 1.64 bits per heavy atom. The fraction of sp³-hybridized carbons (Fsp3) is 0.158. The van der Waals surface area contributed by atoms with Crippen molar-refractivity contribution in [1.82, 2.24) is 4.98 Å². The van der Waals surface area contributed by atoms with Crippen LogP contribution < -0.4 is 0 Å². The van der Waals surface area contributed by atoms with Crippen LogP contribution in [-0.4, -0.2) is 18.1 Å². The van der Waals surface area contributed by atoms with Crippen LogP contribution in [0, 0.1) is 13.8 Å². The zero-order chi connectivity index (χ0) is 15.7. The zero-order valence-corrected chi connectivity index (χ0v) is 12.9. The van der Waals surface area contributed by atoms with Crippen molar-refractivity contribution in [2.75, 3.05) is 7.11 Å². The molecule has 0 spiro atoms. The molecule has 3 aromatic rings. The number of fused-ring (bicyclic) bond motifs is 1. The molecular formula is C19H17NO2. The molecule has 0 saturated heterocycles. The smallest absolute Gasteiger partial charge is 0.338 e. The van der Waals surface area contributed by atoms with Gasteiger partial charge in [-0.3, -0.25) is 0 Å². The molecular weight excluding hydrogens is 274 g/mol. The number of esters is 1. The number of aryl methyl sites for hydroxylation is 2. The fourth-order valence-corrected chi connectivity index (χ4v) is 2.49. The monoisotopic (exact) mass is 291 g/mol. The quantitative estimate of drug-likeness (QED) is 0.661. The van der Waals surface area contributed by atoms with Crippen LogP contribution in [0.1, 0.15) is 21.5 Å². The highest BCUT2D eigenvalue weighted by molar-refractivity contribution is 6.04. The number of hydrogen-bond donors (Lipinski definition) is 0. The molecule has 3 rings (SSSR count). The number of benzene rings is 2. The third-order valence-corrected chi connectivity index (χ3v) is 3.72. The topological polar surface area (TPSA) is 39.2 Å². The van der Waals surface area contributed by atoms with Gasteiger partial charge >= 0.3 is 5.97 Å². The van der Waals surface area contributed by atoms with Gasteiger partial charge in [-0.2, -0.15) is 0 Å². The van der Waals surface area contributed by atoms with E-state index >= 15 is 0 Å². The molecule has 0 aliphatic carbocycles. The van der Waals surface area contributed by atoms with Crippen LogP contribution in [-0.2, 0) is 4.74 Å². The van der Waals surface area contributed by atoms with Crippen molar-refractivity contribution >= 4 is 16.9 Å². The summed E-state index contributed by atoms with van der Waals surface area (Å²) in [4.78, 5) is 16.8. The number of ether oxygens (including phenoxy) is 1. The minimum absolute atomic E-state index is 0.341. The van der Waals surface area contributed by atoms with Crippen molar-refractivity contribution in [3.05, 3.63) is 65.2 Å². The first kappa shape index (κ1) is 14.3. The third-order valence-electron chi connectivity index (χ3n) is 3.72. The summed E-state index contributed by atoms with van der Waals surface area (Å²) in [6.45, 7) is 4.04. The van der Waals surface area contributed by atoms with Gasteiger partial charge in [-0.15, -0.1) is 0 Å². The standard InChI is InChI=1S/C19H17NO2/c1-12-4-7-14(8-5-12)18-11-16(19(21)22-3)15-10-13(2)6-9-17(15)20-18/h4-11H,1-3H3. The summed E-state index contributed by atoms with van der Waals surface area (Å²) in [6.07, 6.45) is 0. The van der Waals surface area contributed by atoms with Gasteiger partial charge in [-0.1, -0.05) is 41.5 Å². The minimum atomic E-state index is -0.341. The molecule has 0 bridgehead atoms. The van der Waals surface area contributed by atoms with Gasteiger partial charge in [0.25, 0.3) is 0 Å². The predicted molar refractivity (Wildman–Crippen MR) is 88.0 cm³/mol. The second-order valence-electron chi connectivity index (χ2n) is 5.43. The van der Waals surface area contributed by atoms with Crippen LogP contribution in [0.5, 0.6) is 0 Å². The van der Waals surface area contributed by atoms with E-state index in [1.807, 2.05) is 56.3 Å². The summed E-state index contributed by atoms with van der Waals surface area (Å²) in [6, 6.07) is 15.8. The summed E-state index contributed by atoms with van der Waals surface area (Å²) in [5, 5.41) is 0.822. The van der Waals surface area contributed by atoms with Crippen molar-refractivity contribution in [2.24, 2.45) is 0 Å². The van der Waals surface area contributed by atoms with Gasteiger partial charge in [0, 0.05) is 10.9 Å². The van der Waals surface area contributed by atoms with E-state index < -0.39 is 0 Å². The molecule has 0 amide bonds. The first-order valence-electron chi connectivity index (χ1n) is 7.15. The Morgan fingerprint density at radius 1 is 0.955 bits per heavy atom. The van der Waals surface area contributed by atoms with Crippen LogP contribution in [0.3, 0.4) is 0 Å². The average Bonchev–Trinajstić information content (AvgIpc) is 2.54. The van der Waals surface area contributed by atoms with Crippen molar-refractivity contribution in [3.63, 3.8) is 0 Å². The Morgan fingerprint density at radius 3 is 2.32 bits per heavy atom. The van der Waals surface area contributed by atoms with E-state index in [-0.39, 0.29) is 5.97 Å². The van der Waals surface area contributed by atoms with E-state index in [1.165, 1.54) is 12.7 Å². The molecule has 22 heavy (non-hydrogen) atoms. The van der Waals surface area contributed by atoms with Gasteiger partial charge in [-0.05, 0) is 32.0 Å². The van der Waals surface area contributed by atoms with E-state index in [2.05, 4.69) is 4.98 Å². The van der Waals surface area contributed by atoms with E-state index in [1.54, 1.807) is 6.07 Å². The number of hydrogen-bond acceptors (Lipinski definition) is 3. The van der Waals surface area contributed by atoms with Crippen molar-refractivity contribution in [1.29, 1.82) is 0 Å². The fourth-order valence-electron chi connectivity index (χ4n) is 2.49. The minimum Gasteiger partial charge on any atom is -0.465 e. The van der Waals surface area contributed by atoms with E-state index in [0.29, 0.717) is 5.56 Å². The number of methoxy groups -OCH3 is 1. The Bertz CT molecular complexity index is 851. The Kier molecular flexibility index (Phi) is 3.63.